The molecular formula is C15H22N2O3. The van der Waals surface area contributed by atoms with Crippen molar-refractivity contribution in [3.05, 3.63) is 29.8 Å². The summed E-state index contributed by atoms with van der Waals surface area (Å²) in [6.45, 7) is 4.08. The molecule has 1 unspecified atom stereocenters. The molecule has 0 spiro atoms. The average Bonchev–Trinajstić information content (AvgIpc) is 2.37. The molecule has 0 saturated carbocycles. The van der Waals surface area contributed by atoms with Gasteiger partial charge in [-0.1, -0.05) is 25.5 Å². The summed E-state index contributed by atoms with van der Waals surface area (Å²) in [5.41, 5.74) is 1.28. The fourth-order valence-electron chi connectivity index (χ4n) is 1.96. The molecule has 0 heterocycles. The second-order valence-electron chi connectivity index (χ2n) is 4.95. The molecule has 0 fully saturated rings. The van der Waals surface area contributed by atoms with Crippen LogP contribution in [0, 0.1) is 0 Å². The fourth-order valence-corrected chi connectivity index (χ4v) is 1.96. The number of hydrogen-bond donors (Lipinski definition) is 2. The van der Waals surface area contributed by atoms with Gasteiger partial charge in [-0.2, -0.15) is 0 Å². The third kappa shape index (κ3) is 4.91. The Kier molecular flexibility index (Phi) is 6.03. The number of anilines is 1. The molecule has 1 aromatic carbocycles. The lowest BCUT2D eigenvalue weighted by Crippen LogP contribution is -2.38. The van der Waals surface area contributed by atoms with Gasteiger partial charge in [-0.25, -0.2) is 4.79 Å². The van der Waals surface area contributed by atoms with Crippen LogP contribution in [0.2, 0.25) is 0 Å². The Labute approximate surface area is 119 Å². The van der Waals surface area contributed by atoms with Crippen LogP contribution in [-0.2, 0) is 11.2 Å². The molecule has 1 atom stereocenters. The number of nitrogens with zero attached hydrogens (tertiary/aromatic N) is 1. The van der Waals surface area contributed by atoms with E-state index in [1.165, 1.54) is 0 Å². The zero-order valence-corrected chi connectivity index (χ0v) is 12.2. The molecular weight excluding hydrogens is 256 g/mol. The van der Waals surface area contributed by atoms with Gasteiger partial charge in [0, 0.05) is 18.8 Å². The number of urea groups is 1. The molecule has 0 radical (unpaired) electrons. The van der Waals surface area contributed by atoms with Gasteiger partial charge in [0.25, 0.3) is 0 Å². The van der Waals surface area contributed by atoms with Gasteiger partial charge in [0.1, 0.15) is 0 Å². The summed E-state index contributed by atoms with van der Waals surface area (Å²) in [6, 6.07) is 6.89. The van der Waals surface area contributed by atoms with Crippen molar-refractivity contribution in [1.82, 2.24) is 4.90 Å². The van der Waals surface area contributed by atoms with Gasteiger partial charge in [-0.05, 0) is 31.0 Å². The number of benzene rings is 1. The van der Waals surface area contributed by atoms with Crippen molar-refractivity contribution in [3.8, 4) is 0 Å². The van der Waals surface area contributed by atoms with Crippen LogP contribution in [0.25, 0.3) is 0 Å². The van der Waals surface area contributed by atoms with Gasteiger partial charge in [-0.15, -0.1) is 0 Å². The Morgan fingerprint density at radius 3 is 2.70 bits per heavy atom. The van der Waals surface area contributed by atoms with E-state index in [2.05, 4.69) is 12.2 Å². The minimum absolute atomic E-state index is 0.0498. The molecule has 110 valence electrons. The van der Waals surface area contributed by atoms with E-state index < -0.39 is 5.97 Å². The number of hydrogen-bond acceptors (Lipinski definition) is 2. The average molecular weight is 278 g/mol. The van der Waals surface area contributed by atoms with Crippen molar-refractivity contribution in [3.63, 3.8) is 0 Å². The number of carboxylic acid groups (broad SMARTS) is 1. The lowest BCUT2D eigenvalue weighted by Gasteiger charge is -2.25. The normalized spacial score (nSPS) is 11.8. The van der Waals surface area contributed by atoms with Gasteiger partial charge in [-0.3, -0.25) is 4.79 Å². The number of carbonyl (C=O) groups is 2. The summed E-state index contributed by atoms with van der Waals surface area (Å²) in [7, 11) is 1.76. The van der Waals surface area contributed by atoms with Crippen LogP contribution in [0.15, 0.2) is 24.3 Å². The van der Waals surface area contributed by atoms with Gasteiger partial charge in [0.15, 0.2) is 0 Å². The number of carbonyl (C=O) groups excluding carboxylic acids is 1. The molecule has 1 rings (SSSR count). The number of aliphatic carboxylic acids is 1. The lowest BCUT2D eigenvalue weighted by atomic mass is 10.1. The first-order chi connectivity index (χ1) is 9.43. The molecule has 0 bridgehead atoms. The largest absolute Gasteiger partial charge is 0.481 e. The zero-order valence-electron chi connectivity index (χ0n) is 12.2. The molecule has 0 aliphatic rings. The maximum atomic E-state index is 12.1. The first-order valence-corrected chi connectivity index (χ1v) is 6.78. The molecule has 2 amide bonds. The summed E-state index contributed by atoms with van der Waals surface area (Å²) in [5.74, 6) is -0.887. The highest BCUT2D eigenvalue weighted by Crippen LogP contribution is 2.13. The SMILES string of the molecule is CCCC(C)N(C)C(=O)Nc1cccc(CC(=O)O)c1. The minimum Gasteiger partial charge on any atom is -0.481 e. The summed E-state index contributed by atoms with van der Waals surface area (Å²) in [4.78, 5) is 24.4. The van der Waals surface area contributed by atoms with Crippen LogP contribution in [0.1, 0.15) is 32.3 Å². The highest BCUT2D eigenvalue weighted by atomic mass is 16.4. The van der Waals surface area contributed by atoms with Gasteiger partial charge in [0.2, 0.25) is 0 Å². The first-order valence-electron chi connectivity index (χ1n) is 6.78. The Balaban J connectivity index is 2.68. The lowest BCUT2D eigenvalue weighted by molar-refractivity contribution is -0.136. The summed E-state index contributed by atoms with van der Waals surface area (Å²) >= 11 is 0. The van der Waals surface area contributed by atoms with Crippen molar-refractivity contribution in [2.24, 2.45) is 0 Å². The van der Waals surface area contributed by atoms with Crippen molar-refractivity contribution in [2.45, 2.75) is 39.2 Å². The molecule has 1 aromatic rings. The van der Waals surface area contributed by atoms with Crippen molar-refractivity contribution in [1.29, 1.82) is 0 Å². The molecule has 2 N–H and O–H groups in total. The Morgan fingerprint density at radius 2 is 2.10 bits per heavy atom. The van der Waals surface area contributed by atoms with E-state index in [1.807, 2.05) is 6.92 Å². The van der Waals surface area contributed by atoms with E-state index in [0.717, 1.165) is 12.8 Å². The second kappa shape index (κ2) is 7.53. The first kappa shape index (κ1) is 16.0. The van der Waals surface area contributed by atoms with E-state index in [-0.39, 0.29) is 18.5 Å². The van der Waals surface area contributed by atoms with E-state index in [0.29, 0.717) is 11.3 Å². The van der Waals surface area contributed by atoms with Crippen LogP contribution in [0.4, 0.5) is 10.5 Å². The van der Waals surface area contributed by atoms with Crippen LogP contribution in [0.3, 0.4) is 0 Å². The number of nitrogens with one attached hydrogen (secondary N) is 1. The van der Waals surface area contributed by atoms with E-state index in [1.54, 1.807) is 36.2 Å². The Morgan fingerprint density at radius 1 is 1.40 bits per heavy atom. The van der Waals surface area contributed by atoms with E-state index >= 15 is 0 Å². The summed E-state index contributed by atoms with van der Waals surface area (Å²) < 4.78 is 0. The molecule has 5 heteroatoms. The molecule has 0 aliphatic carbocycles. The summed E-state index contributed by atoms with van der Waals surface area (Å²) in [6.07, 6.45) is 1.92. The number of amides is 2. The van der Waals surface area contributed by atoms with Crippen molar-refractivity contribution in [2.75, 3.05) is 12.4 Å². The highest BCUT2D eigenvalue weighted by molar-refractivity contribution is 5.89. The second-order valence-corrected chi connectivity index (χ2v) is 4.95. The van der Waals surface area contributed by atoms with Crippen LogP contribution in [-0.4, -0.2) is 35.1 Å². The third-order valence-electron chi connectivity index (χ3n) is 3.22. The van der Waals surface area contributed by atoms with Crippen LogP contribution >= 0.6 is 0 Å². The molecule has 5 nitrogen and oxygen atoms in total. The topological polar surface area (TPSA) is 69.6 Å². The quantitative estimate of drug-likeness (QED) is 0.840. The number of carboxylic acids is 1. The number of rotatable bonds is 6. The monoisotopic (exact) mass is 278 g/mol. The predicted molar refractivity (Wildman–Crippen MR) is 78.9 cm³/mol. The third-order valence-corrected chi connectivity index (χ3v) is 3.22. The van der Waals surface area contributed by atoms with Crippen molar-refractivity contribution >= 4 is 17.7 Å². The van der Waals surface area contributed by atoms with Gasteiger partial charge in [0.05, 0.1) is 6.42 Å². The zero-order chi connectivity index (χ0) is 15.1. The highest BCUT2D eigenvalue weighted by Gasteiger charge is 2.15. The Bertz CT molecular complexity index is 474. The van der Waals surface area contributed by atoms with Gasteiger partial charge >= 0.3 is 12.0 Å². The van der Waals surface area contributed by atoms with E-state index in [4.69, 9.17) is 5.11 Å². The smallest absolute Gasteiger partial charge is 0.321 e. The van der Waals surface area contributed by atoms with E-state index in [9.17, 15) is 9.59 Å². The molecule has 0 saturated heterocycles. The molecule has 0 aromatic heterocycles. The fraction of sp³-hybridized carbons (Fsp3) is 0.467. The Hall–Kier alpha value is -2.04. The molecule has 0 aliphatic heterocycles. The minimum atomic E-state index is -0.887. The van der Waals surface area contributed by atoms with Crippen LogP contribution < -0.4 is 5.32 Å². The molecule has 20 heavy (non-hydrogen) atoms. The van der Waals surface area contributed by atoms with Gasteiger partial charge < -0.3 is 15.3 Å². The maximum Gasteiger partial charge on any atom is 0.321 e. The summed E-state index contributed by atoms with van der Waals surface area (Å²) in [5, 5.41) is 11.6. The van der Waals surface area contributed by atoms with Crippen LogP contribution in [0.5, 0.6) is 0 Å². The maximum absolute atomic E-state index is 12.1. The standard InChI is InChI=1S/C15H22N2O3/c1-4-6-11(2)17(3)15(20)16-13-8-5-7-12(9-13)10-14(18)19/h5,7-9,11H,4,6,10H2,1-3H3,(H,16,20)(H,18,19). The van der Waals surface area contributed by atoms with Crippen molar-refractivity contribution < 1.29 is 14.7 Å². The predicted octanol–water partition coefficient (Wildman–Crippen LogP) is 2.97.